The van der Waals surface area contributed by atoms with Gasteiger partial charge >= 0.3 is 0 Å². The number of rotatable bonds is 2. The van der Waals surface area contributed by atoms with Crippen molar-refractivity contribution in [2.75, 3.05) is 23.9 Å². The first-order valence-corrected chi connectivity index (χ1v) is 10.5. The van der Waals surface area contributed by atoms with Gasteiger partial charge in [-0.05, 0) is 40.9 Å². The number of thioether (sulfide) groups is 1. The second-order valence-corrected chi connectivity index (χ2v) is 8.66. The molecule has 30 heavy (non-hydrogen) atoms. The van der Waals surface area contributed by atoms with E-state index in [4.69, 9.17) is 4.99 Å². The van der Waals surface area contributed by atoms with Crippen molar-refractivity contribution >= 4 is 45.0 Å². The highest BCUT2D eigenvalue weighted by Gasteiger charge is 2.41. The Kier molecular flexibility index (Phi) is 4.33. The van der Waals surface area contributed by atoms with E-state index in [1.807, 2.05) is 73.6 Å². The lowest BCUT2D eigenvalue weighted by atomic mass is 9.95. The Balaban J connectivity index is 1.67. The van der Waals surface area contributed by atoms with Gasteiger partial charge in [0.1, 0.15) is 6.04 Å². The van der Waals surface area contributed by atoms with Gasteiger partial charge in [0.05, 0.1) is 5.69 Å². The second kappa shape index (κ2) is 6.92. The first-order chi connectivity index (χ1) is 14.5. The third kappa shape index (κ3) is 2.79. The number of fused-ring (bicyclic) bond motifs is 5. The lowest BCUT2D eigenvalue weighted by Gasteiger charge is -2.32. The Hall–Kier alpha value is -3.25. The number of hydrogen-bond acceptors (Lipinski definition) is 5. The van der Waals surface area contributed by atoms with E-state index in [0.29, 0.717) is 5.17 Å². The summed E-state index contributed by atoms with van der Waals surface area (Å²) in [5.74, 6) is -0.528. The van der Waals surface area contributed by atoms with E-state index < -0.39 is 6.04 Å². The fourth-order valence-corrected chi connectivity index (χ4v) is 5.07. The van der Waals surface area contributed by atoms with Gasteiger partial charge in [-0.15, -0.1) is 5.76 Å². The molecule has 5 rings (SSSR count). The number of anilines is 2. The molecule has 5 nitrogen and oxygen atoms in total. The summed E-state index contributed by atoms with van der Waals surface area (Å²) >= 11 is 1.48. The van der Waals surface area contributed by atoms with Crippen molar-refractivity contribution in [3.05, 3.63) is 77.6 Å². The minimum Gasteiger partial charge on any atom is -0.875 e. The summed E-state index contributed by atoms with van der Waals surface area (Å²) in [7, 11) is 3.95. The maximum absolute atomic E-state index is 13.6. The Morgan fingerprint density at radius 1 is 1.07 bits per heavy atom. The number of carbonyl (C=O) groups is 1. The number of amides is 1. The van der Waals surface area contributed by atoms with Gasteiger partial charge in [-0.1, -0.05) is 49.4 Å². The maximum Gasteiger partial charge on any atom is 0.261 e. The second-order valence-electron chi connectivity index (χ2n) is 7.65. The molecule has 0 saturated carbocycles. The van der Waals surface area contributed by atoms with Crippen molar-refractivity contribution < 1.29 is 9.90 Å². The molecule has 1 amide bonds. The molecule has 0 fully saturated rings. The lowest BCUT2D eigenvalue weighted by molar-refractivity contribution is -0.303. The fraction of sp³-hybridized carbons (Fsp3) is 0.167. The standard InChI is InChI=1S/C24H21N3O2S/c1-14(28)20-21(16-8-11-17(12-9-16)26(2)3)25-24-27(23(20)29)22-18-7-5-4-6-15(18)10-13-19(22)30-24/h4-13,21,28H,1-3H3/p-1/b20-14-. The summed E-state index contributed by atoms with van der Waals surface area (Å²) in [6.45, 7) is 1.45. The Morgan fingerprint density at radius 3 is 2.50 bits per heavy atom. The van der Waals surface area contributed by atoms with E-state index in [1.54, 1.807) is 4.90 Å². The number of nitrogens with zero attached hydrogens (tertiary/aromatic N) is 3. The molecule has 1 atom stereocenters. The predicted molar refractivity (Wildman–Crippen MR) is 121 cm³/mol. The van der Waals surface area contributed by atoms with Crippen molar-refractivity contribution in [2.24, 2.45) is 4.99 Å². The number of allylic oxidation sites excluding steroid dienone is 1. The lowest BCUT2D eigenvalue weighted by Crippen LogP contribution is -2.40. The molecule has 0 radical (unpaired) electrons. The molecule has 2 aliphatic heterocycles. The van der Waals surface area contributed by atoms with Gasteiger partial charge in [-0.25, -0.2) is 4.99 Å². The third-order valence-corrected chi connectivity index (χ3v) is 6.55. The number of aliphatic imine (C=N–C) groups is 1. The highest BCUT2D eigenvalue weighted by atomic mass is 32.2. The van der Waals surface area contributed by atoms with E-state index in [1.165, 1.54) is 18.7 Å². The van der Waals surface area contributed by atoms with Crippen LogP contribution in [0.25, 0.3) is 10.8 Å². The van der Waals surface area contributed by atoms with Crippen molar-refractivity contribution in [1.82, 2.24) is 0 Å². The first kappa shape index (κ1) is 18.8. The van der Waals surface area contributed by atoms with Crippen molar-refractivity contribution in [3.8, 4) is 0 Å². The van der Waals surface area contributed by atoms with E-state index >= 15 is 0 Å². The van der Waals surface area contributed by atoms with Gasteiger partial charge < -0.3 is 10.0 Å². The molecular formula is C24H20N3O2S-. The molecule has 2 aliphatic rings. The quantitative estimate of drug-likeness (QED) is 0.468. The van der Waals surface area contributed by atoms with Crippen LogP contribution in [0.4, 0.5) is 11.4 Å². The van der Waals surface area contributed by atoms with Crippen LogP contribution in [-0.2, 0) is 4.79 Å². The molecule has 0 saturated heterocycles. The fourth-order valence-electron chi connectivity index (χ4n) is 4.01. The van der Waals surface area contributed by atoms with Crippen LogP contribution in [0, 0.1) is 0 Å². The summed E-state index contributed by atoms with van der Waals surface area (Å²) in [5.41, 5.74) is 2.92. The van der Waals surface area contributed by atoms with Crippen LogP contribution < -0.4 is 14.9 Å². The monoisotopic (exact) mass is 414 g/mol. The number of amidine groups is 1. The maximum atomic E-state index is 13.6. The average Bonchev–Trinajstić information content (AvgIpc) is 3.12. The van der Waals surface area contributed by atoms with Crippen molar-refractivity contribution in [2.45, 2.75) is 17.9 Å². The van der Waals surface area contributed by atoms with Crippen LogP contribution >= 0.6 is 11.8 Å². The molecular weight excluding hydrogens is 394 g/mol. The van der Waals surface area contributed by atoms with E-state index in [2.05, 4.69) is 6.07 Å². The smallest absolute Gasteiger partial charge is 0.261 e. The molecule has 0 bridgehead atoms. The van der Waals surface area contributed by atoms with Gasteiger partial charge in [-0.2, -0.15) is 0 Å². The van der Waals surface area contributed by atoms with Crippen LogP contribution in [0.2, 0.25) is 0 Å². The van der Waals surface area contributed by atoms with E-state index in [-0.39, 0.29) is 17.2 Å². The van der Waals surface area contributed by atoms with Crippen molar-refractivity contribution in [1.29, 1.82) is 0 Å². The molecule has 1 unspecified atom stereocenters. The predicted octanol–water partition coefficient (Wildman–Crippen LogP) is 4.09. The highest BCUT2D eigenvalue weighted by molar-refractivity contribution is 8.15. The summed E-state index contributed by atoms with van der Waals surface area (Å²) in [6, 6.07) is 19.3. The Morgan fingerprint density at radius 2 is 1.80 bits per heavy atom. The molecule has 150 valence electrons. The largest absolute Gasteiger partial charge is 0.875 e. The molecule has 3 aromatic carbocycles. The minimum atomic E-state index is -0.592. The van der Waals surface area contributed by atoms with E-state index in [0.717, 1.165) is 32.6 Å². The number of hydrogen-bond donors (Lipinski definition) is 0. The molecule has 3 aromatic rings. The van der Waals surface area contributed by atoms with Gasteiger partial charge in [-0.3, -0.25) is 9.69 Å². The SMILES string of the molecule is C/C([O-])=C1/C(=O)N2C(=NC1c1ccc(N(C)C)cc1)Sc1ccc3ccccc3c12. The zero-order chi connectivity index (χ0) is 21.0. The number of carbonyl (C=O) groups excluding carboxylic acids is 1. The van der Waals surface area contributed by atoms with Gasteiger partial charge in [0.25, 0.3) is 5.91 Å². The summed E-state index contributed by atoms with van der Waals surface area (Å²) < 4.78 is 0. The highest BCUT2D eigenvalue weighted by Crippen LogP contribution is 2.49. The van der Waals surface area contributed by atoms with Gasteiger partial charge in [0.15, 0.2) is 5.17 Å². The van der Waals surface area contributed by atoms with Crippen LogP contribution in [0.3, 0.4) is 0 Å². The number of benzene rings is 3. The molecule has 0 aromatic heterocycles. The zero-order valence-corrected chi connectivity index (χ0v) is 17.7. The Labute approximate surface area is 179 Å². The average molecular weight is 415 g/mol. The molecule has 2 heterocycles. The van der Waals surface area contributed by atoms with E-state index in [9.17, 15) is 9.90 Å². The Bertz CT molecular complexity index is 1240. The molecule has 0 N–H and O–H groups in total. The topological polar surface area (TPSA) is 59.0 Å². The third-order valence-electron chi connectivity index (χ3n) is 5.53. The molecule has 0 aliphatic carbocycles. The zero-order valence-electron chi connectivity index (χ0n) is 16.9. The van der Waals surface area contributed by atoms with Crippen LogP contribution in [0.1, 0.15) is 18.5 Å². The summed E-state index contributed by atoms with van der Waals surface area (Å²) in [6.07, 6.45) is 0. The summed E-state index contributed by atoms with van der Waals surface area (Å²) in [5, 5.41) is 15.2. The van der Waals surface area contributed by atoms with Crippen LogP contribution in [-0.4, -0.2) is 25.2 Å². The first-order valence-electron chi connectivity index (χ1n) is 9.72. The normalized spacial score (nSPS) is 19.4. The van der Waals surface area contributed by atoms with Gasteiger partial charge in [0, 0.05) is 35.6 Å². The molecule has 0 spiro atoms. The van der Waals surface area contributed by atoms with Crippen LogP contribution in [0.5, 0.6) is 0 Å². The summed E-state index contributed by atoms with van der Waals surface area (Å²) in [4.78, 5) is 23.1. The van der Waals surface area contributed by atoms with Crippen molar-refractivity contribution in [3.63, 3.8) is 0 Å². The molecule has 6 heteroatoms. The minimum absolute atomic E-state index is 0.206. The van der Waals surface area contributed by atoms with Crippen LogP contribution in [0.15, 0.2) is 81.9 Å². The van der Waals surface area contributed by atoms with Gasteiger partial charge in [0.2, 0.25) is 0 Å².